The monoisotopic (exact) mass is 312 g/mol. The Kier molecular flexibility index (Phi) is 3.86. The molecule has 0 aliphatic carbocycles. The molecule has 1 heterocycles. The molecule has 0 fully saturated rings. The molecule has 2 rings (SSSR count). The highest BCUT2D eigenvalue weighted by Crippen LogP contribution is 2.35. The molecule has 0 aliphatic heterocycles. The zero-order valence-electron chi connectivity index (χ0n) is 9.61. The zero-order valence-corrected chi connectivity index (χ0v) is 12.0. The van der Waals surface area contributed by atoms with Crippen LogP contribution in [-0.2, 0) is 0 Å². The SMILES string of the molecule is COc1ccc(C(O)c2sccc2Br)c(C)c1. The van der Waals surface area contributed by atoms with Crippen molar-refractivity contribution in [2.75, 3.05) is 7.11 Å². The molecule has 1 atom stereocenters. The molecule has 2 nitrogen and oxygen atoms in total. The van der Waals surface area contributed by atoms with Gasteiger partial charge in [-0.15, -0.1) is 11.3 Å². The smallest absolute Gasteiger partial charge is 0.119 e. The second-order valence-corrected chi connectivity index (χ2v) is 5.56. The molecule has 0 saturated heterocycles. The fourth-order valence-corrected chi connectivity index (χ4v) is 3.32. The number of rotatable bonds is 3. The van der Waals surface area contributed by atoms with Crippen molar-refractivity contribution in [2.45, 2.75) is 13.0 Å². The Balaban J connectivity index is 2.38. The molecule has 90 valence electrons. The Bertz CT molecular complexity index is 522. The summed E-state index contributed by atoms with van der Waals surface area (Å²) in [5.41, 5.74) is 1.94. The van der Waals surface area contributed by atoms with E-state index in [1.165, 1.54) is 0 Å². The van der Waals surface area contributed by atoms with E-state index in [-0.39, 0.29) is 0 Å². The number of methoxy groups -OCH3 is 1. The number of aliphatic hydroxyl groups is 1. The Morgan fingerprint density at radius 1 is 1.35 bits per heavy atom. The van der Waals surface area contributed by atoms with Crippen LogP contribution in [0, 0.1) is 6.92 Å². The minimum Gasteiger partial charge on any atom is -0.497 e. The van der Waals surface area contributed by atoms with E-state index >= 15 is 0 Å². The summed E-state index contributed by atoms with van der Waals surface area (Å²) in [5, 5.41) is 12.3. The Morgan fingerprint density at radius 3 is 2.65 bits per heavy atom. The lowest BCUT2D eigenvalue weighted by Crippen LogP contribution is -2.01. The molecule has 1 aromatic heterocycles. The van der Waals surface area contributed by atoms with Crippen molar-refractivity contribution in [1.29, 1.82) is 0 Å². The van der Waals surface area contributed by atoms with Gasteiger partial charge in [0.15, 0.2) is 0 Å². The summed E-state index contributed by atoms with van der Waals surface area (Å²) in [5.74, 6) is 0.809. The lowest BCUT2D eigenvalue weighted by Gasteiger charge is -2.14. The van der Waals surface area contributed by atoms with Crippen molar-refractivity contribution in [3.63, 3.8) is 0 Å². The van der Waals surface area contributed by atoms with Crippen molar-refractivity contribution in [2.24, 2.45) is 0 Å². The maximum absolute atomic E-state index is 10.3. The Hall–Kier alpha value is -0.840. The van der Waals surface area contributed by atoms with Gasteiger partial charge in [-0.25, -0.2) is 0 Å². The van der Waals surface area contributed by atoms with Crippen molar-refractivity contribution < 1.29 is 9.84 Å². The van der Waals surface area contributed by atoms with Crippen LogP contribution >= 0.6 is 27.3 Å². The number of hydrogen-bond donors (Lipinski definition) is 1. The summed E-state index contributed by atoms with van der Waals surface area (Å²) in [6.45, 7) is 1.97. The highest BCUT2D eigenvalue weighted by Gasteiger charge is 2.17. The molecule has 17 heavy (non-hydrogen) atoms. The van der Waals surface area contributed by atoms with Crippen molar-refractivity contribution >= 4 is 27.3 Å². The third-order valence-corrected chi connectivity index (χ3v) is 4.59. The summed E-state index contributed by atoms with van der Waals surface area (Å²) in [6, 6.07) is 7.65. The molecule has 1 aromatic carbocycles. The highest BCUT2D eigenvalue weighted by atomic mass is 79.9. The largest absolute Gasteiger partial charge is 0.497 e. The van der Waals surface area contributed by atoms with E-state index in [9.17, 15) is 5.11 Å². The quantitative estimate of drug-likeness (QED) is 0.931. The van der Waals surface area contributed by atoms with E-state index in [0.29, 0.717) is 0 Å². The maximum Gasteiger partial charge on any atom is 0.119 e. The van der Waals surface area contributed by atoms with Crippen LogP contribution in [0.5, 0.6) is 5.75 Å². The molecule has 4 heteroatoms. The van der Waals surface area contributed by atoms with Gasteiger partial charge < -0.3 is 9.84 Å². The van der Waals surface area contributed by atoms with Crippen molar-refractivity contribution in [3.8, 4) is 5.75 Å². The first-order valence-corrected chi connectivity index (χ1v) is 6.86. The van der Waals surface area contributed by atoms with Crippen LogP contribution in [0.15, 0.2) is 34.1 Å². The summed E-state index contributed by atoms with van der Waals surface area (Å²) < 4.78 is 6.11. The average Bonchev–Trinajstić information content (AvgIpc) is 2.74. The number of ether oxygens (including phenoxy) is 1. The summed E-state index contributed by atoms with van der Waals surface area (Å²) in [7, 11) is 1.64. The van der Waals surface area contributed by atoms with Gasteiger partial charge in [0, 0.05) is 4.47 Å². The van der Waals surface area contributed by atoms with E-state index < -0.39 is 6.10 Å². The lowest BCUT2D eigenvalue weighted by molar-refractivity contribution is 0.222. The van der Waals surface area contributed by atoms with Gasteiger partial charge in [-0.1, -0.05) is 6.07 Å². The molecular formula is C13H13BrO2S. The minimum atomic E-state index is -0.588. The molecule has 0 aliphatic rings. The van der Waals surface area contributed by atoms with Crippen LogP contribution in [0.4, 0.5) is 0 Å². The van der Waals surface area contributed by atoms with E-state index in [1.54, 1.807) is 18.4 Å². The maximum atomic E-state index is 10.3. The summed E-state index contributed by atoms with van der Waals surface area (Å²) in [6.07, 6.45) is -0.588. The first kappa shape index (κ1) is 12.6. The van der Waals surface area contributed by atoms with Crippen LogP contribution in [0.25, 0.3) is 0 Å². The molecule has 0 bridgehead atoms. The van der Waals surface area contributed by atoms with Crippen LogP contribution in [0.1, 0.15) is 22.1 Å². The van der Waals surface area contributed by atoms with E-state index in [2.05, 4.69) is 15.9 Å². The molecular weight excluding hydrogens is 300 g/mol. The van der Waals surface area contributed by atoms with Gasteiger partial charge in [0.05, 0.1) is 12.0 Å². The first-order valence-electron chi connectivity index (χ1n) is 5.19. The fraction of sp³-hybridized carbons (Fsp3) is 0.231. The van der Waals surface area contributed by atoms with Gasteiger partial charge in [-0.2, -0.15) is 0 Å². The highest BCUT2D eigenvalue weighted by molar-refractivity contribution is 9.10. The third kappa shape index (κ3) is 2.54. The van der Waals surface area contributed by atoms with Gasteiger partial charge >= 0.3 is 0 Å². The van der Waals surface area contributed by atoms with Gasteiger partial charge in [-0.3, -0.25) is 0 Å². The predicted octanol–water partition coefficient (Wildman–Crippen LogP) is 3.91. The van der Waals surface area contributed by atoms with Gasteiger partial charge in [-0.05, 0) is 57.6 Å². The molecule has 2 aromatic rings. The number of thiophene rings is 1. The zero-order chi connectivity index (χ0) is 12.4. The number of hydrogen-bond acceptors (Lipinski definition) is 3. The second-order valence-electron chi connectivity index (χ2n) is 3.76. The fourth-order valence-electron chi connectivity index (χ4n) is 1.72. The normalized spacial score (nSPS) is 12.5. The second kappa shape index (κ2) is 5.21. The van der Waals surface area contributed by atoms with Crippen LogP contribution in [0.3, 0.4) is 0 Å². The summed E-state index contributed by atoms with van der Waals surface area (Å²) in [4.78, 5) is 0.929. The molecule has 0 spiro atoms. The van der Waals surface area contributed by atoms with Crippen LogP contribution in [0.2, 0.25) is 0 Å². The van der Waals surface area contributed by atoms with Gasteiger partial charge in [0.25, 0.3) is 0 Å². The lowest BCUT2D eigenvalue weighted by atomic mass is 10.0. The predicted molar refractivity (Wildman–Crippen MR) is 73.8 cm³/mol. The third-order valence-electron chi connectivity index (χ3n) is 2.66. The molecule has 0 saturated carbocycles. The van der Waals surface area contributed by atoms with Crippen LogP contribution in [-0.4, -0.2) is 12.2 Å². The standard InChI is InChI=1S/C13H13BrO2S/c1-8-7-9(16-2)3-4-10(8)12(15)13-11(14)5-6-17-13/h3-7,12,15H,1-2H3. The molecule has 1 unspecified atom stereocenters. The van der Waals surface area contributed by atoms with Crippen molar-refractivity contribution in [1.82, 2.24) is 0 Å². The first-order chi connectivity index (χ1) is 8.13. The number of benzene rings is 1. The van der Waals surface area contributed by atoms with Crippen molar-refractivity contribution in [3.05, 3.63) is 50.1 Å². The Morgan fingerprint density at radius 2 is 2.12 bits per heavy atom. The summed E-state index contributed by atoms with van der Waals surface area (Å²) >= 11 is 4.99. The topological polar surface area (TPSA) is 29.5 Å². The average molecular weight is 313 g/mol. The molecule has 1 N–H and O–H groups in total. The van der Waals surface area contributed by atoms with E-state index in [4.69, 9.17) is 4.74 Å². The van der Waals surface area contributed by atoms with E-state index in [1.807, 2.05) is 36.6 Å². The molecule has 0 radical (unpaired) electrons. The number of halogens is 1. The minimum absolute atomic E-state index is 0.588. The van der Waals surface area contributed by atoms with E-state index in [0.717, 1.165) is 26.2 Å². The van der Waals surface area contributed by atoms with Gasteiger partial charge in [0.2, 0.25) is 0 Å². The van der Waals surface area contributed by atoms with Crippen LogP contribution < -0.4 is 4.74 Å². The van der Waals surface area contributed by atoms with Gasteiger partial charge in [0.1, 0.15) is 11.9 Å². The Labute approximate surface area is 113 Å². The number of aliphatic hydroxyl groups excluding tert-OH is 1. The number of aryl methyl sites for hydroxylation is 1. The molecule has 0 amide bonds.